The number of hydrogen-bond donors (Lipinski definition) is 3. The Bertz CT molecular complexity index is 746. The zero-order valence-electron chi connectivity index (χ0n) is 11.6. The Hall–Kier alpha value is -2.71. The first kappa shape index (κ1) is 13.3. The Kier molecular flexibility index (Phi) is 3.16. The summed E-state index contributed by atoms with van der Waals surface area (Å²) in [5.41, 5.74) is -0.0900. The second-order valence-corrected chi connectivity index (χ2v) is 4.81. The van der Waals surface area contributed by atoms with E-state index in [1.54, 1.807) is 6.92 Å². The number of ether oxygens (including phenoxy) is 1. The van der Waals surface area contributed by atoms with Crippen LogP contribution in [-0.2, 0) is 0 Å². The Morgan fingerprint density at radius 1 is 1.38 bits per heavy atom. The number of carbonyl (C=O) groups excluding carboxylic acids is 1. The van der Waals surface area contributed by atoms with Gasteiger partial charge in [0.25, 0.3) is 11.5 Å². The van der Waals surface area contributed by atoms with Gasteiger partial charge >= 0.3 is 6.01 Å². The van der Waals surface area contributed by atoms with Crippen molar-refractivity contribution in [2.24, 2.45) is 0 Å². The molecular formula is C12H14N6O3. The predicted molar refractivity (Wildman–Crippen MR) is 72.5 cm³/mol. The summed E-state index contributed by atoms with van der Waals surface area (Å²) in [6, 6.07) is 0.0955. The molecular weight excluding hydrogens is 276 g/mol. The van der Waals surface area contributed by atoms with Crippen molar-refractivity contribution in [3.05, 3.63) is 27.4 Å². The van der Waals surface area contributed by atoms with Gasteiger partial charge < -0.3 is 9.72 Å². The Morgan fingerprint density at radius 2 is 2.14 bits per heavy atom. The van der Waals surface area contributed by atoms with Crippen molar-refractivity contribution >= 4 is 11.9 Å². The van der Waals surface area contributed by atoms with Crippen LogP contribution in [0.25, 0.3) is 0 Å². The van der Waals surface area contributed by atoms with Crippen molar-refractivity contribution in [2.75, 3.05) is 12.4 Å². The lowest BCUT2D eigenvalue weighted by atomic mass is 10.2. The van der Waals surface area contributed by atoms with Gasteiger partial charge in [0, 0.05) is 5.92 Å². The third-order valence-corrected chi connectivity index (χ3v) is 3.19. The molecule has 1 fully saturated rings. The monoisotopic (exact) mass is 290 g/mol. The van der Waals surface area contributed by atoms with Crippen LogP contribution in [0.2, 0.25) is 0 Å². The number of nitrogens with zero attached hydrogens (tertiary/aromatic N) is 3. The molecule has 0 radical (unpaired) electrons. The van der Waals surface area contributed by atoms with Gasteiger partial charge in [-0.05, 0) is 19.8 Å². The van der Waals surface area contributed by atoms with E-state index >= 15 is 0 Å². The van der Waals surface area contributed by atoms with E-state index in [4.69, 9.17) is 4.74 Å². The lowest BCUT2D eigenvalue weighted by Crippen LogP contribution is -2.27. The fourth-order valence-corrected chi connectivity index (χ4v) is 1.99. The number of hydrogen-bond acceptors (Lipinski definition) is 6. The van der Waals surface area contributed by atoms with Crippen LogP contribution in [0.3, 0.4) is 0 Å². The molecule has 1 aliphatic carbocycles. The van der Waals surface area contributed by atoms with Gasteiger partial charge in [-0.3, -0.25) is 14.9 Å². The number of nitrogens with one attached hydrogen (secondary N) is 3. The van der Waals surface area contributed by atoms with Gasteiger partial charge in [0.1, 0.15) is 11.4 Å². The number of methoxy groups -OCH3 is 1. The van der Waals surface area contributed by atoms with Crippen molar-refractivity contribution in [3.8, 4) is 6.01 Å². The van der Waals surface area contributed by atoms with E-state index in [2.05, 4.69) is 30.5 Å². The zero-order valence-corrected chi connectivity index (χ0v) is 11.6. The summed E-state index contributed by atoms with van der Waals surface area (Å²) in [7, 11) is 1.41. The SMILES string of the molecule is COc1n[nH]c(NC(=O)c2c(C)nc(C3CC3)[nH]c2=O)n1. The minimum Gasteiger partial charge on any atom is -0.466 e. The number of anilines is 1. The molecule has 21 heavy (non-hydrogen) atoms. The highest BCUT2D eigenvalue weighted by atomic mass is 16.5. The lowest BCUT2D eigenvalue weighted by molar-refractivity contribution is 0.102. The maximum absolute atomic E-state index is 12.2. The summed E-state index contributed by atoms with van der Waals surface area (Å²) >= 11 is 0. The van der Waals surface area contributed by atoms with Gasteiger partial charge in [0.15, 0.2) is 0 Å². The van der Waals surface area contributed by atoms with E-state index in [-0.39, 0.29) is 17.5 Å². The van der Waals surface area contributed by atoms with Gasteiger partial charge in [-0.1, -0.05) is 0 Å². The Labute approximate surface area is 119 Å². The second-order valence-electron chi connectivity index (χ2n) is 4.81. The number of H-pyrrole nitrogens is 2. The van der Waals surface area contributed by atoms with E-state index in [0.29, 0.717) is 17.4 Å². The second kappa shape index (κ2) is 5.00. The largest absolute Gasteiger partial charge is 0.466 e. The standard InChI is InChI=1S/C12H14N6O3/c1-5-7(9(19)14-8(13-5)6-3-4-6)10(20)15-11-16-12(21-2)18-17-11/h6H,3-4H2,1-2H3,(H,13,14,19)(H2,15,16,17,18,20). The first-order chi connectivity index (χ1) is 10.1. The maximum Gasteiger partial charge on any atom is 0.336 e. The molecule has 2 aromatic heterocycles. The molecule has 1 amide bonds. The topological polar surface area (TPSA) is 126 Å². The molecule has 9 heteroatoms. The molecule has 0 bridgehead atoms. The first-order valence-electron chi connectivity index (χ1n) is 6.47. The average molecular weight is 290 g/mol. The van der Waals surface area contributed by atoms with E-state index in [1.807, 2.05) is 0 Å². The minimum atomic E-state index is -0.595. The minimum absolute atomic E-state index is 0.0326. The van der Waals surface area contributed by atoms with Crippen LogP contribution in [0, 0.1) is 6.92 Å². The average Bonchev–Trinajstić information content (AvgIpc) is 3.19. The summed E-state index contributed by atoms with van der Waals surface area (Å²) in [6.07, 6.45) is 2.04. The molecule has 2 heterocycles. The van der Waals surface area contributed by atoms with Crippen molar-refractivity contribution in [2.45, 2.75) is 25.7 Å². The van der Waals surface area contributed by atoms with E-state index in [0.717, 1.165) is 12.8 Å². The van der Waals surface area contributed by atoms with Crippen LogP contribution in [0.1, 0.15) is 40.6 Å². The summed E-state index contributed by atoms with van der Waals surface area (Å²) in [6.45, 7) is 1.64. The van der Waals surface area contributed by atoms with Crippen molar-refractivity contribution < 1.29 is 9.53 Å². The van der Waals surface area contributed by atoms with Crippen molar-refractivity contribution in [1.82, 2.24) is 25.1 Å². The summed E-state index contributed by atoms with van der Waals surface area (Å²) in [5.74, 6) is 0.465. The highest BCUT2D eigenvalue weighted by Gasteiger charge is 2.28. The molecule has 9 nitrogen and oxygen atoms in total. The molecule has 0 aromatic carbocycles. The van der Waals surface area contributed by atoms with Gasteiger partial charge in [-0.25, -0.2) is 10.1 Å². The molecule has 0 atom stereocenters. The van der Waals surface area contributed by atoms with Crippen molar-refractivity contribution in [1.29, 1.82) is 0 Å². The maximum atomic E-state index is 12.2. The molecule has 0 aliphatic heterocycles. The zero-order chi connectivity index (χ0) is 15.0. The molecule has 3 rings (SSSR count). The summed E-state index contributed by atoms with van der Waals surface area (Å²) in [4.78, 5) is 35.0. The van der Waals surface area contributed by atoms with Crippen LogP contribution < -0.4 is 15.6 Å². The van der Waals surface area contributed by atoms with E-state index < -0.39 is 11.5 Å². The number of amides is 1. The van der Waals surface area contributed by atoms with Crippen LogP contribution in [0.4, 0.5) is 5.95 Å². The molecule has 110 valence electrons. The summed E-state index contributed by atoms with van der Waals surface area (Å²) < 4.78 is 4.79. The molecule has 0 unspecified atom stereocenters. The highest BCUT2D eigenvalue weighted by molar-refractivity contribution is 6.03. The van der Waals surface area contributed by atoms with Gasteiger partial charge in [0.2, 0.25) is 5.95 Å². The van der Waals surface area contributed by atoms with Gasteiger partial charge in [-0.2, -0.15) is 4.98 Å². The first-order valence-corrected chi connectivity index (χ1v) is 6.47. The van der Waals surface area contributed by atoms with Crippen LogP contribution in [0.15, 0.2) is 4.79 Å². The fourth-order valence-electron chi connectivity index (χ4n) is 1.99. The molecule has 0 saturated heterocycles. The van der Waals surface area contributed by atoms with Crippen LogP contribution >= 0.6 is 0 Å². The number of aryl methyl sites for hydroxylation is 1. The molecule has 1 aliphatic rings. The molecule has 1 saturated carbocycles. The van der Waals surface area contributed by atoms with E-state index in [9.17, 15) is 9.59 Å². The Morgan fingerprint density at radius 3 is 2.71 bits per heavy atom. The number of aromatic amines is 2. The number of rotatable bonds is 4. The van der Waals surface area contributed by atoms with E-state index in [1.165, 1.54) is 7.11 Å². The number of carbonyl (C=O) groups is 1. The lowest BCUT2D eigenvalue weighted by Gasteiger charge is -2.06. The number of aromatic nitrogens is 5. The molecule has 0 spiro atoms. The fraction of sp³-hybridized carbons (Fsp3) is 0.417. The van der Waals surface area contributed by atoms with Crippen LogP contribution in [0.5, 0.6) is 6.01 Å². The predicted octanol–water partition coefficient (Wildman–Crippen LogP) is 0.335. The van der Waals surface area contributed by atoms with Crippen LogP contribution in [-0.4, -0.2) is 38.2 Å². The third-order valence-electron chi connectivity index (χ3n) is 3.19. The Balaban J connectivity index is 1.85. The molecule has 2 aromatic rings. The molecule has 3 N–H and O–H groups in total. The normalized spacial score (nSPS) is 14.0. The third kappa shape index (κ3) is 2.62. The van der Waals surface area contributed by atoms with Gasteiger partial charge in [0.05, 0.1) is 12.8 Å². The smallest absolute Gasteiger partial charge is 0.336 e. The summed E-state index contributed by atoms with van der Waals surface area (Å²) in [5, 5.41) is 8.63. The highest BCUT2D eigenvalue weighted by Crippen LogP contribution is 2.37. The van der Waals surface area contributed by atoms with Crippen molar-refractivity contribution in [3.63, 3.8) is 0 Å². The quantitative estimate of drug-likeness (QED) is 0.745. The van der Waals surface area contributed by atoms with Gasteiger partial charge in [-0.15, -0.1) is 5.10 Å².